The molecule has 0 aromatic rings. The van der Waals surface area contributed by atoms with Crippen molar-refractivity contribution >= 4 is 17.6 Å². The zero-order valence-electron chi connectivity index (χ0n) is 10.0. The van der Waals surface area contributed by atoms with E-state index in [4.69, 9.17) is 11.5 Å². The predicted molar refractivity (Wildman–Crippen MR) is 64.5 cm³/mol. The molecule has 0 aliphatic heterocycles. The maximum atomic E-state index is 11.1. The topological polar surface area (TPSA) is 107 Å². The highest BCUT2D eigenvalue weighted by Gasteiger charge is 2.20. The Morgan fingerprint density at radius 2 is 2.12 bits per heavy atom. The van der Waals surface area contributed by atoms with Gasteiger partial charge in [-0.3, -0.25) is 16.3 Å². The van der Waals surface area contributed by atoms with E-state index in [1.54, 1.807) is 0 Å². The third-order valence-electron chi connectivity index (χ3n) is 1.72. The van der Waals surface area contributed by atoms with Gasteiger partial charge in [-0.25, -0.2) is 0 Å². The molecule has 0 atom stereocenters. The molecule has 6 N–H and O–H groups in total. The highest BCUT2D eigenvalue weighted by molar-refractivity contribution is 5.89. The van der Waals surface area contributed by atoms with Crippen molar-refractivity contribution in [1.82, 2.24) is 5.32 Å². The smallest absolute Gasteiger partial charge is 0.347 e. The maximum absolute atomic E-state index is 11.1. The molecule has 0 aromatic heterocycles. The highest BCUT2D eigenvalue weighted by Crippen LogP contribution is 2.08. The van der Waals surface area contributed by atoms with E-state index in [1.807, 2.05) is 20.8 Å². The number of nitrogens with one attached hydrogen (secondary N) is 2. The molecule has 0 aliphatic carbocycles. The van der Waals surface area contributed by atoms with Crippen LogP contribution in [0.25, 0.3) is 0 Å². The molecule has 0 aliphatic rings. The van der Waals surface area contributed by atoms with Gasteiger partial charge in [0.2, 0.25) is 5.91 Å². The number of hydrazone groups is 1. The van der Waals surface area contributed by atoms with Gasteiger partial charge in [0.25, 0.3) is 0 Å². The number of nitrogens with zero attached hydrogens (tertiary/aromatic N) is 1. The Labute approximate surface area is 95.5 Å². The molecule has 0 spiro atoms. The Bertz CT molecular complexity index is 326. The lowest BCUT2D eigenvalue weighted by Crippen LogP contribution is -2.73. The molecule has 0 radical (unpaired) electrons. The van der Waals surface area contributed by atoms with E-state index in [2.05, 4.69) is 22.1 Å². The molecular formula is C10H20N5O+. The molecular weight excluding hydrogens is 206 g/mol. The van der Waals surface area contributed by atoms with Gasteiger partial charge in [0, 0.05) is 12.0 Å². The van der Waals surface area contributed by atoms with Crippen LogP contribution >= 0.6 is 0 Å². The van der Waals surface area contributed by atoms with Crippen LogP contribution in [0.3, 0.4) is 0 Å². The lowest BCUT2D eigenvalue weighted by atomic mass is 9.98. The molecule has 0 aromatic carbocycles. The molecule has 0 rings (SSSR count). The predicted octanol–water partition coefficient (Wildman–Crippen LogP) is -1.81. The molecule has 0 saturated heterocycles. The molecule has 90 valence electrons. The van der Waals surface area contributed by atoms with Crippen LogP contribution in [0.15, 0.2) is 17.8 Å². The van der Waals surface area contributed by atoms with Gasteiger partial charge in [-0.1, -0.05) is 6.58 Å². The largest absolute Gasteiger partial charge is 0.362 e. The summed E-state index contributed by atoms with van der Waals surface area (Å²) < 4.78 is 0. The number of carbonyl (C=O) groups is 1. The zero-order valence-corrected chi connectivity index (χ0v) is 10.0. The van der Waals surface area contributed by atoms with E-state index in [1.165, 1.54) is 6.08 Å². The van der Waals surface area contributed by atoms with E-state index in [0.29, 0.717) is 6.42 Å². The van der Waals surface area contributed by atoms with Crippen molar-refractivity contribution in [3.63, 3.8) is 0 Å². The van der Waals surface area contributed by atoms with Crippen molar-refractivity contribution in [1.29, 1.82) is 0 Å². The summed E-state index contributed by atoms with van der Waals surface area (Å²) in [5.41, 5.74) is 10.8. The molecule has 0 bridgehead atoms. The van der Waals surface area contributed by atoms with Crippen molar-refractivity contribution in [3.8, 4) is 0 Å². The molecule has 0 unspecified atom stereocenters. The molecule has 0 saturated carbocycles. The van der Waals surface area contributed by atoms with E-state index in [-0.39, 0.29) is 11.9 Å². The fourth-order valence-electron chi connectivity index (χ4n) is 1.27. The Morgan fingerprint density at radius 3 is 2.56 bits per heavy atom. The van der Waals surface area contributed by atoms with E-state index >= 15 is 0 Å². The molecule has 16 heavy (non-hydrogen) atoms. The van der Waals surface area contributed by atoms with Gasteiger partial charge in [-0.2, -0.15) is 5.10 Å². The van der Waals surface area contributed by atoms with Gasteiger partial charge in [0.15, 0.2) is 0 Å². The van der Waals surface area contributed by atoms with Crippen molar-refractivity contribution in [3.05, 3.63) is 12.7 Å². The normalized spacial score (nSPS) is 11.8. The minimum atomic E-state index is -0.399. The summed E-state index contributed by atoms with van der Waals surface area (Å²) in [6.45, 7) is 8.99. The minimum Gasteiger partial charge on any atom is -0.347 e. The van der Waals surface area contributed by atoms with Gasteiger partial charge < -0.3 is 5.32 Å². The average molecular weight is 226 g/mol. The first-order valence-electron chi connectivity index (χ1n) is 4.88. The third kappa shape index (κ3) is 6.58. The van der Waals surface area contributed by atoms with Crippen molar-refractivity contribution in [2.75, 3.05) is 0 Å². The lowest BCUT2D eigenvalue weighted by molar-refractivity contribution is -0.464. The van der Waals surface area contributed by atoms with Gasteiger partial charge in [0.05, 0.1) is 5.71 Å². The standard InChI is InChI=1S/C10H19N5O/c1-5-8(16)13-10(3,4)6-7(2)14-15-9(11)12/h5H,1,6H2,2-4H3,(H,13,16)(H4,11,12,15)/p+1. The van der Waals surface area contributed by atoms with Gasteiger partial charge in [0.1, 0.15) is 0 Å². The summed E-state index contributed by atoms with van der Waals surface area (Å²) in [4.78, 5) is 11.1. The fourth-order valence-corrected chi connectivity index (χ4v) is 1.27. The summed E-state index contributed by atoms with van der Waals surface area (Å²) in [5.74, 6) is -0.178. The maximum Gasteiger partial charge on any atom is 0.362 e. The van der Waals surface area contributed by atoms with Gasteiger partial charge >= 0.3 is 5.96 Å². The van der Waals surface area contributed by atoms with Gasteiger partial charge in [-0.05, 0) is 26.8 Å². The monoisotopic (exact) mass is 226 g/mol. The van der Waals surface area contributed by atoms with Gasteiger partial charge in [-0.15, -0.1) is 5.10 Å². The number of guanidine groups is 1. The van der Waals surface area contributed by atoms with Crippen LogP contribution in [-0.4, -0.2) is 23.1 Å². The molecule has 6 heteroatoms. The number of carbonyl (C=O) groups excluding carboxylic acids is 1. The first kappa shape index (κ1) is 14.2. The summed E-state index contributed by atoms with van der Waals surface area (Å²) >= 11 is 0. The van der Waals surface area contributed by atoms with E-state index < -0.39 is 5.54 Å². The highest BCUT2D eigenvalue weighted by atomic mass is 16.1. The van der Waals surface area contributed by atoms with Crippen LogP contribution in [0.1, 0.15) is 27.2 Å². The second kappa shape index (κ2) is 5.89. The number of rotatable bonds is 5. The van der Waals surface area contributed by atoms with Crippen molar-refractivity contribution in [2.24, 2.45) is 16.6 Å². The SMILES string of the molecule is C=CC(=O)NC(C)(C)CC(C)=N[NH+]=C(N)N. The van der Waals surface area contributed by atoms with E-state index in [0.717, 1.165) is 5.71 Å². The van der Waals surface area contributed by atoms with Crippen LogP contribution in [-0.2, 0) is 4.79 Å². The first-order valence-corrected chi connectivity index (χ1v) is 4.88. The summed E-state index contributed by atoms with van der Waals surface area (Å²) in [6, 6.07) is 0. The number of hydrogen-bond acceptors (Lipinski definition) is 2. The molecule has 0 fully saturated rings. The zero-order chi connectivity index (χ0) is 12.8. The first-order chi connectivity index (χ1) is 7.26. The Morgan fingerprint density at radius 1 is 1.56 bits per heavy atom. The Balaban J connectivity index is 4.46. The number of hydrogen-bond donors (Lipinski definition) is 4. The molecule has 0 heterocycles. The Kier molecular flexibility index (Phi) is 5.21. The van der Waals surface area contributed by atoms with Crippen LogP contribution < -0.4 is 21.9 Å². The molecule has 1 amide bonds. The quantitative estimate of drug-likeness (QED) is 0.192. The van der Waals surface area contributed by atoms with E-state index in [9.17, 15) is 4.79 Å². The summed E-state index contributed by atoms with van der Waals surface area (Å²) in [7, 11) is 0. The molecule has 6 nitrogen and oxygen atoms in total. The second-order valence-corrected chi connectivity index (χ2v) is 4.17. The summed E-state index contributed by atoms with van der Waals surface area (Å²) in [5, 5.41) is 9.20. The fraction of sp³-hybridized carbons (Fsp3) is 0.500. The number of nitrogens with two attached hydrogens (primary N) is 2. The average Bonchev–Trinajstić information content (AvgIpc) is 2.13. The minimum absolute atomic E-state index is 0.0345. The van der Waals surface area contributed by atoms with Crippen LogP contribution in [0.2, 0.25) is 0 Å². The van der Waals surface area contributed by atoms with Crippen molar-refractivity contribution < 1.29 is 9.90 Å². The Hall–Kier alpha value is -1.85. The van der Waals surface area contributed by atoms with Crippen LogP contribution in [0.5, 0.6) is 0 Å². The second-order valence-electron chi connectivity index (χ2n) is 4.17. The van der Waals surface area contributed by atoms with Crippen LogP contribution in [0, 0.1) is 0 Å². The number of amides is 1. The van der Waals surface area contributed by atoms with Crippen LogP contribution in [0.4, 0.5) is 0 Å². The summed E-state index contributed by atoms with van der Waals surface area (Å²) in [6.07, 6.45) is 1.81. The lowest BCUT2D eigenvalue weighted by Gasteiger charge is -2.24. The van der Waals surface area contributed by atoms with Crippen molar-refractivity contribution in [2.45, 2.75) is 32.7 Å². The third-order valence-corrected chi connectivity index (χ3v) is 1.72.